The van der Waals surface area contributed by atoms with Crippen molar-refractivity contribution in [2.24, 2.45) is 0 Å². The molecule has 0 saturated heterocycles. The molecule has 1 N–H and O–H groups in total. The van der Waals surface area contributed by atoms with Gasteiger partial charge in [0, 0.05) is 5.92 Å². The Hall–Kier alpha value is -1.95. The molecular weight excluding hydrogens is 286 g/mol. The van der Waals surface area contributed by atoms with Gasteiger partial charge in [-0.05, 0) is 31.9 Å². The lowest BCUT2D eigenvalue weighted by atomic mass is 10.2. The second-order valence-electron chi connectivity index (χ2n) is 5.18. The van der Waals surface area contributed by atoms with Gasteiger partial charge in [-0.15, -0.1) is 10.2 Å². The first-order valence-electron chi connectivity index (χ1n) is 7.03. The van der Waals surface area contributed by atoms with E-state index in [-0.39, 0.29) is 5.91 Å². The predicted octanol–water partition coefficient (Wildman–Crippen LogP) is 3.13. The van der Waals surface area contributed by atoms with Crippen molar-refractivity contribution in [3.05, 3.63) is 34.8 Å². The lowest BCUT2D eigenvalue weighted by Gasteiger charge is -2.05. The van der Waals surface area contributed by atoms with Crippen LogP contribution in [0.3, 0.4) is 0 Å². The topological polar surface area (TPSA) is 64.1 Å². The van der Waals surface area contributed by atoms with Gasteiger partial charge in [-0.25, -0.2) is 0 Å². The summed E-state index contributed by atoms with van der Waals surface area (Å²) in [5.74, 6) is 1.25. The molecular formula is C15H17N3O2S. The van der Waals surface area contributed by atoms with Crippen LogP contribution in [-0.2, 0) is 4.79 Å². The van der Waals surface area contributed by atoms with Gasteiger partial charge in [-0.3, -0.25) is 4.79 Å². The molecule has 5 nitrogen and oxygen atoms in total. The predicted molar refractivity (Wildman–Crippen MR) is 81.8 cm³/mol. The number of nitrogens with one attached hydrogen (secondary N) is 1. The van der Waals surface area contributed by atoms with E-state index >= 15 is 0 Å². The van der Waals surface area contributed by atoms with E-state index in [9.17, 15) is 4.79 Å². The van der Waals surface area contributed by atoms with E-state index in [1.165, 1.54) is 29.7 Å². The average molecular weight is 303 g/mol. The van der Waals surface area contributed by atoms with E-state index in [1.807, 2.05) is 31.2 Å². The van der Waals surface area contributed by atoms with Gasteiger partial charge in [0.05, 0.1) is 13.0 Å². The number of anilines is 1. The summed E-state index contributed by atoms with van der Waals surface area (Å²) in [6, 6.07) is 7.77. The summed E-state index contributed by atoms with van der Waals surface area (Å²) in [5, 5.41) is 12.5. The van der Waals surface area contributed by atoms with Crippen LogP contribution in [0.1, 0.15) is 35.8 Å². The van der Waals surface area contributed by atoms with Crippen LogP contribution in [0.5, 0.6) is 5.75 Å². The Labute approximate surface area is 127 Å². The highest BCUT2D eigenvalue weighted by Crippen LogP contribution is 2.42. The molecule has 1 amide bonds. The number of rotatable bonds is 6. The van der Waals surface area contributed by atoms with E-state index in [0.29, 0.717) is 24.1 Å². The van der Waals surface area contributed by atoms with Crippen LogP contribution < -0.4 is 10.1 Å². The average Bonchev–Trinajstić information content (AvgIpc) is 3.22. The maximum Gasteiger partial charge on any atom is 0.229 e. The Balaban J connectivity index is 1.42. The van der Waals surface area contributed by atoms with Crippen molar-refractivity contribution in [1.82, 2.24) is 10.2 Å². The maximum atomic E-state index is 11.8. The number of nitrogens with zero attached hydrogens (tertiary/aromatic N) is 2. The Morgan fingerprint density at radius 2 is 2.10 bits per heavy atom. The molecule has 1 aliphatic rings. The smallest absolute Gasteiger partial charge is 0.229 e. The summed E-state index contributed by atoms with van der Waals surface area (Å²) in [6.45, 7) is 2.37. The van der Waals surface area contributed by atoms with E-state index in [2.05, 4.69) is 15.5 Å². The highest BCUT2D eigenvalue weighted by atomic mass is 32.1. The number of carbonyl (C=O) groups is 1. The van der Waals surface area contributed by atoms with E-state index in [4.69, 9.17) is 4.74 Å². The first-order valence-corrected chi connectivity index (χ1v) is 7.85. The molecule has 110 valence electrons. The fraction of sp³-hybridized carbons (Fsp3) is 0.400. The van der Waals surface area contributed by atoms with Crippen LogP contribution in [0.2, 0.25) is 0 Å². The number of ether oxygens (including phenoxy) is 1. The summed E-state index contributed by atoms with van der Waals surface area (Å²) < 4.78 is 5.53. The van der Waals surface area contributed by atoms with Crippen molar-refractivity contribution >= 4 is 22.4 Å². The first kappa shape index (κ1) is 14.0. The van der Waals surface area contributed by atoms with Crippen LogP contribution in [0.4, 0.5) is 5.13 Å². The quantitative estimate of drug-likeness (QED) is 0.890. The third-order valence-corrected chi connectivity index (χ3v) is 4.23. The Morgan fingerprint density at radius 1 is 1.33 bits per heavy atom. The number of aromatic nitrogens is 2. The molecule has 3 rings (SSSR count). The largest absolute Gasteiger partial charge is 0.493 e. The van der Waals surface area contributed by atoms with Crippen LogP contribution >= 0.6 is 11.3 Å². The molecule has 21 heavy (non-hydrogen) atoms. The first-order chi connectivity index (χ1) is 10.2. The zero-order chi connectivity index (χ0) is 14.7. The van der Waals surface area contributed by atoms with Gasteiger partial charge in [0.25, 0.3) is 0 Å². The Morgan fingerprint density at radius 3 is 2.81 bits per heavy atom. The van der Waals surface area contributed by atoms with E-state index in [0.717, 1.165) is 10.8 Å². The molecule has 0 atom stereocenters. The Kier molecular flexibility index (Phi) is 4.15. The number of hydrogen-bond donors (Lipinski definition) is 1. The molecule has 0 aliphatic heterocycles. The third kappa shape index (κ3) is 4.01. The van der Waals surface area contributed by atoms with Crippen LogP contribution in [0, 0.1) is 6.92 Å². The molecule has 6 heteroatoms. The van der Waals surface area contributed by atoms with Crippen molar-refractivity contribution in [3.63, 3.8) is 0 Å². The number of amides is 1. The second-order valence-corrected chi connectivity index (χ2v) is 6.19. The van der Waals surface area contributed by atoms with Gasteiger partial charge >= 0.3 is 0 Å². The highest BCUT2D eigenvalue weighted by Gasteiger charge is 2.27. The zero-order valence-corrected chi connectivity index (χ0v) is 12.7. The van der Waals surface area contributed by atoms with E-state index in [1.54, 1.807) is 0 Å². The molecule has 0 bridgehead atoms. The standard InChI is InChI=1S/C15H17N3O2S/c1-10-2-6-12(7-3-10)20-9-8-13(19)16-15-18-17-14(21-15)11-4-5-11/h2-3,6-7,11H,4-5,8-9H2,1H3,(H,16,18,19). The SMILES string of the molecule is Cc1ccc(OCCC(=O)Nc2nnc(C3CC3)s2)cc1. The summed E-state index contributed by atoms with van der Waals surface area (Å²) >= 11 is 1.47. The highest BCUT2D eigenvalue weighted by molar-refractivity contribution is 7.15. The van der Waals surface area contributed by atoms with Gasteiger partial charge in [0.2, 0.25) is 11.0 Å². The number of carbonyl (C=O) groups excluding carboxylic acids is 1. The van der Waals surface area contributed by atoms with Crippen LogP contribution in [0.15, 0.2) is 24.3 Å². The minimum atomic E-state index is -0.0967. The fourth-order valence-corrected chi connectivity index (χ4v) is 2.79. The normalized spacial score (nSPS) is 14.0. The Bertz CT molecular complexity index is 620. The third-order valence-electron chi connectivity index (χ3n) is 3.23. The zero-order valence-electron chi connectivity index (χ0n) is 11.8. The fourth-order valence-electron chi connectivity index (χ4n) is 1.86. The summed E-state index contributed by atoms with van der Waals surface area (Å²) in [6.07, 6.45) is 2.67. The molecule has 2 aromatic rings. The number of benzene rings is 1. The minimum Gasteiger partial charge on any atom is -0.493 e. The molecule has 1 fully saturated rings. The molecule has 1 saturated carbocycles. The minimum absolute atomic E-state index is 0.0967. The van der Waals surface area contributed by atoms with Gasteiger partial charge < -0.3 is 10.1 Å². The number of aryl methyl sites for hydroxylation is 1. The van der Waals surface area contributed by atoms with Crippen molar-refractivity contribution in [2.75, 3.05) is 11.9 Å². The molecule has 0 radical (unpaired) electrons. The molecule has 1 heterocycles. The molecule has 0 spiro atoms. The van der Waals surface area contributed by atoms with Crippen molar-refractivity contribution in [3.8, 4) is 5.75 Å². The van der Waals surface area contributed by atoms with Crippen LogP contribution in [0.25, 0.3) is 0 Å². The van der Waals surface area contributed by atoms with Gasteiger partial charge in [0.1, 0.15) is 10.8 Å². The molecule has 1 aromatic heterocycles. The van der Waals surface area contributed by atoms with Gasteiger partial charge in [-0.2, -0.15) is 0 Å². The van der Waals surface area contributed by atoms with Crippen molar-refractivity contribution < 1.29 is 9.53 Å². The lowest BCUT2D eigenvalue weighted by Crippen LogP contribution is -2.15. The lowest BCUT2D eigenvalue weighted by molar-refractivity contribution is -0.116. The molecule has 1 aromatic carbocycles. The van der Waals surface area contributed by atoms with Crippen LogP contribution in [-0.4, -0.2) is 22.7 Å². The van der Waals surface area contributed by atoms with Crippen molar-refractivity contribution in [1.29, 1.82) is 0 Å². The number of hydrogen-bond acceptors (Lipinski definition) is 5. The molecule has 0 unspecified atom stereocenters. The monoisotopic (exact) mass is 303 g/mol. The second kappa shape index (κ2) is 6.22. The summed E-state index contributed by atoms with van der Waals surface area (Å²) in [7, 11) is 0. The van der Waals surface area contributed by atoms with E-state index < -0.39 is 0 Å². The van der Waals surface area contributed by atoms with Gasteiger partial charge in [-0.1, -0.05) is 29.0 Å². The van der Waals surface area contributed by atoms with Crippen molar-refractivity contribution in [2.45, 2.75) is 32.1 Å². The van der Waals surface area contributed by atoms with Gasteiger partial charge in [0.15, 0.2) is 0 Å². The summed E-state index contributed by atoms with van der Waals surface area (Å²) in [5.41, 5.74) is 1.18. The summed E-state index contributed by atoms with van der Waals surface area (Å²) in [4.78, 5) is 11.8. The molecule has 1 aliphatic carbocycles. The maximum absolute atomic E-state index is 11.8.